The van der Waals surface area contributed by atoms with Crippen molar-refractivity contribution in [2.45, 2.75) is 57.9 Å². The summed E-state index contributed by atoms with van der Waals surface area (Å²) in [4.78, 5) is 28.4. The van der Waals surface area contributed by atoms with E-state index >= 15 is 0 Å². The molecule has 0 spiro atoms. The first kappa shape index (κ1) is 29.3. The summed E-state index contributed by atoms with van der Waals surface area (Å²) in [6.45, 7) is 6.41. The molecule has 2 amide bonds. The van der Waals surface area contributed by atoms with Crippen LogP contribution in [0.3, 0.4) is 0 Å². The van der Waals surface area contributed by atoms with Crippen molar-refractivity contribution in [3.8, 4) is 5.75 Å². The van der Waals surface area contributed by atoms with E-state index in [1.165, 1.54) is 12.1 Å². The number of para-hydroxylation sites is 1. The van der Waals surface area contributed by atoms with E-state index in [1.807, 2.05) is 56.3 Å². The summed E-state index contributed by atoms with van der Waals surface area (Å²) in [6.07, 6.45) is 5.36. The zero-order valence-corrected chi connectivity index (χ0v) is 23.5. The predicted molar refractivity (Wildman–Crippen MR) is 157 cm³/mol. The molecule has 7 heteroatoms. The SMILES string of the molecule is CC(C)(CNC(=O)c1ccc2c(c1)CNCCCCCCCN2C(=O)COc1ccccc1)c1ccc(F)cc1. The Bertz CT molecular complexity index is 1260. The molecule has 0 radical (unpaired) electrons. The van der Waals surface area contributed by atoms with Gasteiger partial charge in [-0.25, -0.2) is 4.39 Å². The normalized spacial score (nSPS) is 14.8. The van der Waals surface area contributed by atoms with Crippen molar-refractivity contribution in [1.29, 1.82) is 0 Å². The van der Waals surface area contributed by atoms with E-state index in [9.17, 15) is 14.0 Å². The number of amides is 2. The van der Waals surface area contributed by atoms with E-state index < -0.39 is 0 Å². The summed E-state index contributed by atoms with van der Waals surface area (Å²) in [5.41, 5.74) is 2.82. The number of hydrogen-bond acceptors (Lipinski definition) is 4. The molecule has 0 bridgehead atoms. The maximum Gasteiger partial charge on any atom is 0.264 e. The largest absolute Gasteiger partial charge is 0.484 e. The fourth-order valence-electron chi connectivity index (χ4n) is 4.93. The Balaban J connectivity index is 1.52. The first-order valence-corrected chi connectivity index (χ1v) is 14.2. The van der Waals surface area contributed by atoms with Gasteiger partial charge in [-0.3, -0.25) is 9.59 Å². The number of halogens is 1. The lowest BCUT2D eigenvalue weighted by molar-refractivity contribution is -0.120. The van der Waals surface area contributed by atoms with Crippen molar-refractivity contribution in [1.82, 2.24) is 10.6 Å². The molecule has 3 aromatic rings. The summed E-state index contributed by atoms with van der Waals surface area (Å²) in [6, 6.07) is 21.3. The van der Waals surface area contributed by atoms with Gasteiger partial charge in [0, 0.05) is 36.3 Å². The molecule has 212 valence electrons. The molecule has 6 nitrogen and oxygen atoms in total. The van der Waals surface area contributed by atoms with Crippen LogP contribution in [0.4, 0.5) is 10.1 Å². The van der Waals surface area contributed by atoms with Crippen molar-refractivity contribution in [3.63, 3.8) is 0 Å². The van der Waals surface area contributed by atoms with Crippen LogP contribution >= 0.6 is 0 Å². The van der Waals surface area contributed by atoms with Gasteiger partial charge in [0.15, 0.2) is 6.61 Å². The molecule has 0 aromatic heterocycles. The molecule has 1 heterocycles. The lowest BCUT2D eigenvalue weighted by Gasteiger charge is -2.27. The second kappa shape index (κ2) is 14.1. The Morgan fingerprint density at radius 1 is 0.950 bits per heavy atom. The number of nitrogens with one attached hydrogen (secondary N) is 2. The van der Waals surface area contributed by atoms with Gasteiger partial charge in [0.1, 0.15) is 11.6 Å². The highest BCUT2D eigenvalue weighted by atomic mass is 19.1. The average molecular weight is 546 g/mol. The highest BCUT2D eigenvalue weighted by Crippen LogP contribution is 2.26. The lowest BCUT2D eigenvalue weighted by atomic mass is 9.84. The molecule has 0 fully saturated rings. The van der Waals surface area contributed by atoms with Crippen molar-refractivity contribution in [3.05, 3.63) is 95.3 Å². The highest BCUT2D eigenvalue weighted by Gasteiger charge is 2.24. The Hall–Kier alpha value is -3.71. The van der Waals surface area contributed by atoms with Crippen molar-refractivity contribution in [2.24, 2.45) is 0 Å². The van der Waals surface area contributed by atoms with Gasteiger partial charge in [0.2, 0.25) is 0 Å². The molecule has 40 heavy (non-hydrogen) atoms. The van der Waals surface area contributed by atoms with Gasteiger partial charge in [-0.1, -0.05) is 63.4 Å². The zero-order valence-electron chi connectivity index (χ0n) is 23.5. The third-order valence-corrected chi connectivity index (χ3v) is 7.41. The van der Waals surface area contributed by atoms with Crippen LogP contribution in [0.1, 0.15) is 67.4 Å². The number of carbonyl (C=O) groups excluding carboxylic acids is 2. The number of ether oxygens (including phenoxy) is 1. The van der Waals surface area contributed by atoms with Gasteiger partial charge in [-0.2, -0.15) is 0 Å². The van der Waals surface area contributed by atoms with Crippen molar-refractivity contribution in [2.75, 3.05) is 31.1 Å². The van der Waals surface area contributed by atoms with E-state index in [0.29, 0.717) is 30.9 Å². The standard InChI is InChI=1S/C33H40FN3O3/c1-33(2,27-14-16-28(34)17-15-27)24-36-32(39)25-13-18-30-26(21-25)22-35-19-9-4-3-5-10-20-37(30)31(38)23-40-29-11-7-6-8-12-29/h6-8,11-18,21,35H,3-5,9-10,19-20,22-24H2,1-2H3,(H,36,39). The van der Waals surface area contributed by atoms with Gasteiger partial charge in [-0.15, -0.1) is 0 Å². The summed E-state index contributed by atoms with van der Waals surface area (Å²) in [5, 5.41) is 6.54. The monoisotopic (exact) mass is 545 g/mol. The topological polar surface area (TPSA) is 70.7 Å². The molecule has 0 unspecified atom stereocenters. The maximum atomic E-state index is 13.4. The number of benzene rings is 3. The fourth-order valence-corrected chi connectivity index (χ4v) is 4.93. The minimum absolute atomic E-state index is 0.0579. The summed E-state index contributed by atoms with van der Waals surface area (Å²) < 4.78 is 19.2. The molecule has 4 rings (SSSR count). The number of fused-ring (bicyclic) bond motifs is 1. The summed E-state index contributed by atoms with van der Waals surface area (Å²) in [7, 11) is 0. The number of hydrogen-bond donors (Lipinski definition) is 2. The number of carbonyl (C=O) groups is 2. The Morgan fingerprint density at radius 2 is 1.68 bits per heavy atom. The second-order valence-electron chi connectivity index (χ2n) is 11.0. The average Bonchev–Trinajstić information content (AvgIpc) is 2.96. The van der Waals surface area contributed by atoms with E-state index in [0.717, 1.165) is 55.5 Å². The third-order valence-electron chi connectivity index (χ3n) is 7.41. The second-order valence-corrected chi connectivity index (χ2v) is 11.0. The molecule has 1 aliphatic heterocycles. The van der Waals surface area contributed by atoms with Gasteiger partial charge >= 0.3 is 0 Å². The van der Waals surface area contributed by atoms with E-state index in [2.05, 4.69) is 10.6 Å². The Labute approximate surface area is 236 Å². The first-order valence-electron chi connectivity index (χ1n) is 14.2. The van der Waals surface area contributed by atoms with Crippen LogP contribution in [0.5, 0.6) is 5.75 Å². The first-order chi connectivity index (χ1) is 19.3. The third kappa shape index (κ3) is 8.15. The van der Waals surface area contributed by atoms with Gasteiger partial charge in [-0.05, 0) is 73.0 Å². The molecular weight excluding hydrogens is 505 g/mol. The molecule has 2 N–H and O–H groups in total. The van der Waals surface area contributed by atoms with Gasteiger partial charge in [0.25, 0.3) is 11.8 Å². The van der Waals surface area contributed by atoms with E-state index in [4.69, 9.17) is 4.74 Å². The van der Waals surface area contributed by atoms with Crippen molar-refractivity contribution < 1.29 is 18.7 Å². The molecular formula is C33H40FN3O3. The van der Waals surface area contributed by atoms with E-state index in [1.54, 1.807) is 23.1 Å². The zero-order chi connectivity index (χ0) is 28.4. The molecule has 0 atom stereocenters. The van der Waals surface area contributed by atoms with Gasteiger partial charge in [0.05, 0.1) is 0 Å². The summed E-state index contributed by atoms with van der Waals surface area (Å²) >= 11 is 0. The molecule has 0 saturated carbocycles. The van der Waals surface area contributed by atoms with Crippen LogP contribution < -0.4 is 20.3 Å². The molecule has 0 aliphatic carbocycles. The predicted octanol–water partition coefficient (Wildman–Crippen LogP) is 6.00. The smallest absolute Gasteiger partial charge is 0.264 e. The Kier molecular flexibility index (Phi) is 10.3. The van der Waals surface area contributed by atoms with Crippen LogP contribution in [-0.4, -0.2) is 38.1 Å². The number of anilines is 1. The maximum absolute atomic E-state index is 13.4. The quantitative estimate of drug-likeness (QED) is 0.382. The number of rotatable bonds is 7. The van der Waals surface area contributed by atoms with Crippen LogP contribution in [0.25, 0.3) is 0 Å². The van der Waals surface area contributed by atoms with Crippen LogP contribution in [-0.2, 0) is 16.8 Å². The van der Waals surface area contributed by atoms with E-state index in [-0.39, 0.29) is 29.7 Å². The van der Waals surface area contributed by atoms with Crippen LogP contribution in [0.15, 0.2) is 72.8 Å². The number of nitrogens with zero attached hydrogens (tertiary/aromatic N) is 1. The highest BCUT2D eigenvalue weighted by molar-refractivity contribution is 5.98. The minimum Gasteiger partial charge on any atom is -0.484 e. The van der Waals surface area contributed by atoms with Gasteiger partial charge < -0.3 is 20.3 Å². The van der Waals surface area contributed by atoms with Crippen molar-refractivity contribution >= 4 is 17.5 Å². The van der Waals surface area contributed by atoms with Crippen LogP contribution in [0, 0.1) is 5.82 Å². The fraction of sp³-hybridized carbons (Fsp3) is 0.394. The molecule has 3 aromatic carbocycles. The molecule has 1 aliphatic rings. The lowest BCUT2D eigenvalue weighted by Crippen LogP contribution is -2.38. The Morgan fingerprint density at radius 3 is 2.45 bits per heavy atom. The minimum atomic E-state index is -0.372. The summed E-state index contributed by atoms with van der Waals surface area (Å²) in [5.74, 6) is 0.0763. The van der Waals surface area contributed by atoms with Crippen LogP contribution in [0.2, 0.25) is 0 Å². The molecule has 0 saturated heterocycles.